The highest BCUT2D eigenvalue weighted by molar-refractivity contribution is 9.10. The van der Waals surface area contributed by atoms with Crippen LogP contribution in [0.3, 0.4) is 0 Å². The molecule has 1 aliphatic rings. The Bertz CT molecular complexity index is 421. The maximum atomic E-state index is 11.6. The Kier molecular flexibility index (Phi) is 2.65. The standard InChI is InChI=1S/C10H9BrO4/c1-14-10(13)6-2-5-4-8(11)15-9(5)7(12)3-6/h4,6H,2-3H2,1H3. The van der Waals surface area contributed by atoms with Gasteiger partial charge in [-0.25, -0.2) is 0 Å². The summed E-state index contributed by atoms with van der Waals surface area (Å²) in [4.78, 5) is 22.9. The lowest BCUT2D eigenvalue weighted by Crippen LogP contribution is -2.26. The van der Waals surface area contributed by atoms with E-state index in [1.807, 2.05) is 0 Å². The van der Waals surface area contributed by atoms with Gasteiger partial charge in [-0.15, -0.1) is 0 Å². The summed E-state index contributed by atoms with van der Waals surface area (Å²) >= 11 is 3.16. The Hall–Kier alpha value is -1.10. The molecular formula is C10H9BrO4. The molecule has 1 aromatic heterocycles. The largest absolute Gasteiger partial charge is 0.469 e. The third kappa shape index (κ3) is 1.84. The smallest absolute Gasteiger partial charge is 0.309 e. The molecule has 5 heteroatoms. The molecule has 0 amide bonds. The van der Waals surface area contributed by atoms with Crippen LogP contribution in [-0.4, -0.2) is 18.9 Å². The quantitative estimate of drug-likeness (QED) is 0.734. The Balaban J connectivity index is 2.30. The Morgan fingerprint density at radius 2 is 2.33 bits per heavy atom. The van der Waals surface area contributed by atoms with Crippen molar-refractivity contribution in [1.29, 1.82) is 0 Å². The average molecular weight is 273 g/mol. The number of carbonyl (C=O) groups excluding carboxylic acids is 2. The molecule has 0 aliphatic heterocycles. The number of ketones is 1. The van der Waals surface area contributed by atoms with Crippen LogP contribution in [0.15, 0.2) is 15.2 Å². The van der Waals surface area contributed by atoms with E-state index >= 15 is 0 Å². The van der Waals surface area contributed by atoms with Gasteiger partial charge in [0.15, 0.2) is 16.2 Å². The van der Waals surface area contributed by atoms with Gasteiger partial charge < -0.3 is 9.15 Å². The van der Waals surface area contributed by atoms with Crippen LogP contribution >= 0.6 is 15.9 Å². The van der Waals surface area contributed by atoms with E-state index in [9.17, 15) is 9.59 Å². The van der Waals surface area contributed by atoms with Gasteiger partial charge in [-0.05, 0) is 28.4 Å². The number of carbonyl (C=O) groups is 2. The second-order valence-corrected chi connectivity index (χ2v) is 4.24. The fourth-order valence-corrected chi connectivity index (χ4v) is 2.21. The van der Waals surface area contributed by atoms with E-state index in [-0.39, 0.29) is 24.1 Å². The number of furan rings is 1. The van der Waals surface area contributed by atoms with Crippen LogP contribution in [0.4, 0.5) is 0 Å². The molecule has 1 aromatic rings. The van der Waals surface area contributed by atoms with Gasteiger partial charge in [-0.3, -0.25) is 9.59 Å². The number of esters is 1. The van der Waals surface area contributed by atoms with Crippen molar-refractivity contribution in [2.24, 2.45) is 5.92 Å². The molecule has 0 N–H and O–H groups in total. The summed E-state index contributed by atoms with van der Waals surface area (Å²) in [6.07, 6.45) is 0.669. The van der Waals surface area contributed by atoms with Gasteiger partial charge in [0.05, 0.1) is 13.0 Å². The topological polar surface area (TPSA) is 56.5 Å². The zero-order valence-corrected chi connectivity index (χ0v) is 9.67. The van der Waals surface area contributed by atoms with Crippen LogP contribution in [0.25, 0.3) is 0 Å². The summed E-state index contributed by atoms with van der Waals surface area (Å²) in [5.41, 5.74) is 0.772. The van der Waals surface area contributed by atoms with Crippen LogP contribution in [0, 0.1) is 5.92 Å². The number of Topliss-reactive ketones (excluding diaryl/α,β-unsaturated/α-hetero) is 1. The van der Waals surface area contributed by atoms with Gasteiger partial charge in [0.2, 0.25) is 0 Å². The van der Waals surface area contributed by atoms with Crippen molar-refractivity contribution in [1.82, 2.24) is 0 Å². The second kappa shape index (κ2) is 3.81. The first-order chi connectivity index (χ1) is 7.11. The Morgan fingerprint density at radius 3 is 3.00 bits per heavy atom. The first-order valence-electron chi connectivity index (χ1n) is 4.51. The van der Waals surface area contributed by atoms with E-state index < -0.39 is 0 Å². The van der Waals surface area contributed by atoms with Crippen molar-refractivity contribution < 1.29 is 18.7 Å². The fourth-order valence-electron chi connectivity index (χ4n) is 1.77. The first kappa shape index (κ1) is 10.4. The van der Waals surface area contributed by atoms with Crippen molar-refractivity contribution in [2.45, 2.75) is 12.8 Å². The maximum absolute atomic E-state index is 11.6. The van der Waals surface area contributed by atoms with Crippen LogP contribution in [0.2, 0.25) is 0 Å². The maximum Gasteiger partial charge on any atom is 0.309 e. The van der Waals surface area contributed by atoms with Crippen molar-refractivity contribution in [3.63, 3.8) is 0 Å². The van der Waals surface area contributed by atoms with Gasteiger partial charge >= 0.3 is 5.97 Å². The van der Waals surface area contributed by atoms with Crippen LogP contribution in [-0.2, 0) is 16.0 Å². The summed E-state index contributed by atoms with van der Waals surface area (Å²) in [5.74, 6) is -0.495. The Morgan fingerprint density at radius 1 is 1.60 bits per heavy atom. The van der Waals surface area contributed by atoms with Crippen molar-refractivity contribution in [2.75, 3.05) is 7.11 Å². The highest BCUT2D eigenvalue weighted by Gasteiger charge is 2.33. The lowest BCUT2D eigenvalue weighted by Gasteiger charge is -2.17. The SMILES string of the molecule is COC(=O)C1CC(=O)c2oc(Br)cc2C1. The molecule has 80 valence electrons. The van der Waals surface area contributed by atoms with Gasteiger partial charge in [-0.2, -0.15) is 0 Å². The number of hydrogen-bond acceptors (Lipinski definition) is 4. The minimum atomic E-state index is -0.375. The molecule has 2 rings (SSSR count). The summed E-state index contributed by atoms with van der Waals surface area (Å²) in [5, 5.41) is 0. The third-order valence-corrected chi connectivity index (χ3v) is 2.86. The predicted molar refractivity (Wildman–Crippen MR) is 54.6 cm³/mol. The molecule has 0 radical (unpaired) electrons. The van der Waals surface area contributed by atoms with Crippen LogP contribution < -0.4 is 0 Å². The number of ether oxygens (including phenoxy) is 1. The van der Waals surface area contributed by atoms with E-state index in [1.54, 1.807) is 6.07 Å². The molecule has 4 nitrogen and oxygen atoms in total. The molecule has 1 unspecified atom stereocenters. The Labute approximate surface area is 94.7 Å². The van der Waals surface area contributed by atoms with Gasteiger partial charge in [0.25, 0.3) is 0 Å². The van der Waals surface area contributed by atoms with Gasteiger partial charge in [0, 0.05) is 12.0 Å². The number of methoxy groups -OCH3 is 1. The average Bonchev–Trinajstić information content (AvgIpc) is 2.58. The summed E-state index contributed by atoms with van der Waals surface area (Å²) in [6.45, 7) is 0. The number of hydrogen-bond donors (Lipinski definition) is 0. The molecule has 15 heavy (non-hydrogen) atoms. The molecule has 0 fully saturated rings. The highest BCUT2D eigenvalue weighted by atomic mass is 79.9. The van der Waals surface area contributed by atoms with Crippen LogP contribution in [0.1, 0.15) is 22.5 Å². The summed E-state index contributed by atoms with van der Waals surface area (Å²) in [7, 11) is 1.33. The lowest BCUT2D eigenvalue weighted by molar-refractivity contribution is -0.145. The fraction of sp³-hybridized carbons (Fsp3) is 0.400. The minimum absolute atomic E-state index is 0.141. The molecule has 0 saturated heterocycles. The van der Waals surface area contributed by atoms with E-state index in [4.69, 9.17) is 4.42 Å². The van der Waals surface area contributed by atoms with Crippen molar-refractivity contribution in [3.05, 3.63) is 22.1 Å². The number of halogens is 1. The van der Waals surface area contributed by atoms with Gasteiger partial charge in [0.1, 0.15) is 0 Å². The summed E-state index contributed by atoms with van der Waals surface area (Å²) < 4.78 is 10.3. The minimum Gasteiger partial charge on any atom is -0.469 e. The monoisotopic (exact) mass is 272 g/mol. The molecule has 0 aromatic carbocycles. The van der Waals surface area contributed by atoms with Crippen LogP contribution in [0.5, 0.6) is 0 Å². The second-order valence-electron chi connectivity index (χ2n) is 3.46. The van der Waals surface area contributed by atoms with E-state index in [0.29, 0.717) is 16.9 Å². The molecule has 1 heterocycles. The number of rotatable bonds is 1. The highest BCUT2D eigenvalue weighted by Crippen LogP contribution is 2.30. The normalized spacial score (nSPS) is 19.9. The molecule has 1 aliphatic carbocycles. The molecule has 1 atom stereocenters. The lowest BCUT2D eigenvalue weighted by atomic mass is 9.87. The third-order valence-electron chi connectivity index (χ3n) is 2.46. The molecule has 0 bridgehead atoms. The molecule has 0 spiro atoms. The summed E-state index contributed by atoms with van der Waals surface area (Å²) in [6, 6.07) is 1.72. The van der Waals surface area contributed by atoms with Crippen molar-refractivity contribution in [3.8, 4) is 0 Å². The zero-order valence-electron chi connectivity index (χ0n) is 8.08. The predicted octanol–water partition coefficient (Wildman–Crippen LogP) is 1.96. The van der Waals surface area contributed by atoms with E-state index in [0.717, 1.165) is 5.56 Å². The van der Waals surface area contributed by atoms with Gasteiger partial charge in [-0.1, -0.05) is 0 Å². The zero-order chi connectivity index (χ0) is 11.0. The molecule has 0 saturated carbocycles. The number of fused-ring (bicyclic) bond motifs is 1. The van der Waals surface area contributed by atoms with E-state index in [2.05, 4.69) is 20.7 Å². The van der Waals surface area contributed by atoms with E-state index in [1.165, 1.54) is 7.11 Å². The van der Waals surface area contributed by atoms with Crippen molar-refractivity contribution >= 4 is 27.7 Å². The molecular weight excluding hydrogens is 264 g/mol. The first-order valence-corrected chi connectivity index (χ1v) is 5.30.